The highest BCUT2D eigenvalue weighted by Crippen LogP contribution is 2.29. The number of nitrogens with zero attached hydrogens (tertiary/aromatic N) is 1. The summed E-state index contributed by atoms with van der Waals surface area (Å²) in [6.45, 7) is 3.85. The monoisotopic (exact) mass is 242 g/mol. The summed E-state index contributed by atoms with van der Waals surface area (Å²) in [7, 11) is 0. The summed E-state index contributed by atoms with van der Waals surface area (Å²) in [4.78, 5) is 14.0. The highest BCUT2D eigenvalue weighted by molar-refractivity contribution is 8.00. The summed E-state index contributed by atoms with van der Waals surface area (Å²) in [5, 5.41) is 4.09. The number of rotatable bonds is 3. The van der Waals surface area contributed by atoms with Gasteiger partial charge in [-0.25, -0.2) is 0 Å². The predicted octanol–water partition coefficient (Wildman–Crippen LogP) is 1.48. The van der Waals surface area contributed by atoms with Crippen LogP contribution >= 0.6 is 11.8 Å². The van der Waals surface area contributed by atoms with Crippen LogP contribution in [0.4, 0.5) is 0 Å². The fraction of sp³-hybridized carbons (Fsp3) is 0.917. The van der Waals surface area contributed by atoms with E-state index in [0.29, 0.717) is 11.7 Å². The maximum atomic E-state index is 12.0. The number of carbonyl (C=O) groups is 1. The van der Waals surface area contributed by atoms with Gasteiger partial charge in [0.05, 0.1) is 5.75 Å². The third kappa shape index (κ3) is 3.67. The minimum absolute atomic E-state index is 0.348. The molecule has 1 aliphatic carbocycles. The van der Waals surface area contributed by atoms with Gasteiger partial charge in [0.1, 0.15) is 0 Å². The van der Waals surface area contributed by atoms with Crippen LogP contribution in [0.2, 0.25) is 0 Å². The summed E-state index contributed by atoms with van der Waals surface area (Å²) >= 11 is 1.88. The topological polar surface area (TPSA) is 32.3 Å². The van der Waals surface area contributed by atoms with Crippen LogP contribution in [-0.2, 0) is 4.79 Å². The lowest BCUT2D eigenvalue weighted by Crippen LogP contribution is -2.35. The minimum Gasteiger partial charge on any atom is -0.341 e. The summed E-state index contributed by atoms with van der Waals surface area (Å²) in [5.74, 6) is 1.05. The molecule has 4 heteroatoms. The molecule has 92 valence electrons. The average molecular weight is 242 g/mol. The Bertz CT molecular complexity index is 221. The van der Waals surface area contributed by atoms with E-state index in [9.17, 15) is 4.79 Å². The van der Waals surface area contributed by atoms with Crippen molar-refractivity contribution in [3.05, 3.63) is 0 Å². The maximum Gasteiger partial charge on any atom is 0.232 e. The van der Waals surface area contributed by atoms with Crippen molar-refractivity contribution >= 4 is 17.7 Å². The van der Waals surface area contributed by atoms with Crippen LogP contribution in [0.3, 0.4) is 0 Å². The molecule has 1 heterocycles. The van der Waals surface area contributed by atoms with Gasteiger partial charge in [-0.05, 0) is 25.8 Å². The third-order valence-electron chi connectivity index (χ3n) is 3.44. The number of carbonyl (C=O) groups excluding carboxylic acids is 1. The van der Waals surface area contributed by atoms with E-state index in [1.807, 2.05) is 16.7 Å². The van der Waals surface area contributed by atoms with Crippen molar-refractivity contribution in [2.75, 3.05) is 31.9 Å². The lowest BCUT2D eigenvalue weighted by Gasteiger charge is -2.20. The predicted molar refractivity (Wildman–Crippen MR) is 68.8 cm³/mol. The Morgan fingerprint density at radius 2 is 2.00 bits per heavy atom. The van der Waals surface area contributed by atoms with E-state index in [-0.39, 0.29) is 0 Å². The standard InChI is InChI=1S/C12H22N2OS/c15-12(10-16-11-4-1-2-5-11)14-8-3-6-13-7-9-14/h11,13H,1-10H2. The Labute approximate surface area is 102 Å². The lowest BCUT2D eigenvalue weighted by molar-refractivity contribution is -0.128. The molecule has 0 aromatic rings. The Kier molecular flexibility index (Phi) is 4.97. The molecular weight excluding hydrogens is 220 g/mol. The third-order valence-corrected chi connectivity index (χ3v) is 4.79. The molecule has 16 heavy (non-hydrogen) atoms. The first-order valence-electron chi connectivity index (χ1n) is 6.46. The normalized spacial score (nSPS) is 23.4. The first kappa shape index (κ1) is 12.2. The van der Waals surface area contributed by atoms with Crippen LogP contribution in [0.1, 0.15) is 32.1 Å². The van der Waals surface area contributed by atoms with Gasteiger partial charge in [0.25, 0.3) is 0 Å². The molecule has 2 aliphatic rings. The van der Waals surface area contributed by atoms with E-state index in [2.05, 4.69) is 5.32 Å². The molecule has 3 nitrogen and oxygen atoms in total. The van der Waals surface area contributed by atoms with Crippen molar-refractivity contribution < 1.29 is 4.79 Å². The minimum atomic E-state index is 0.348. The number of hydrogen-bond donors (Lipinski definition) is 1. The van der Waals surface area contributed by atoms with Crippen LogP contribution in [-0.4, -0.2) is 48.0 Å². The van der Waals surface area contributed by atoms with E-state index in [0.717, 1.165) is 37.8 Å². The SMILES string of the molecule is O=C(CSC1CCCC1)N1CCCNCC1. The molecule has 1 aliphatic heterocycles. The van der Waals surface area contributed by atoms with E-state index in [1.165, 1.54) is 25.7 Å². The fourth-order valence-corrected chi connectivity index (χ4v) is 3.66. The number of amides is 1. The smallest absolute Gasteiger partial charge is 0.232 e. The van der Waals surface area contributed by atoms with Gasteiger partial charge in [0, 0.05) is 24.9 Å². The molecular formula is C12H22N2OS. The first-order chi connectivity index (χ1) is 7.86. The van der Waals surface area contributed by atoms with Gasteiger partial charge in [0.2, 0.25) is 5.91 Å². The van der Waals surface area contributed by atoms with Crippen molar-refractivity contribution in [2.45, 2.75) is 37.4 Å². The number of thioether (sulfide) groups is 1. The summed E-state index contributed by atoms with van der Waals surface area (Å²) in [6, 6.07) is 0. The zero-order valence-electron chi connectivity index (χ0n) is 9.91. The molecule has 2 rings (SSSR count). The van der Waals surface area contributed by atoms with Crippen molar-refractivity contribution in [1.29, 1.82) is 0 Å². The molecule has 2 fully saturated rings. The van der Waals surface area contributed by atoms with E-state index >= 15 is 0 Å². The Morgan fingerprint density at radius 3 is 2.81 bits per heavy atom. The largest absolute Gasteiger partial charge is 0.341 e. The molecule has 0 spiro atoms. The van der Waals surface area contributed by atoms with Crippen molar-refractivity contribution in [2.24, 2.45) is 0 Å². The van der Waals surface area contributed by atoms with Crippen molar-refractivity contribution in [3.63, 3.8) is 0 Å². The summed E-state index contributed by atoms with van der Waals surface area (Å²) in [5.41, 5.74) is 0. The van der Waals surface area contributed by atoms with Gasteiger partial charge in [-0.2, -0.15) is 0 Å². The molecule has 1 amide bonds. The van der Waals surface area contributed by atoms with Crippen LogP contribution in [0.5, 0.6) is 0 Å². The summed E-state index contributed by atoms with van der Waals surface area (Å²) < 4.78 is 0. The molecule has 0 radical (unpaired) electrons. The Morgan fingerprint density at radius 1 is 1.19 bits per heavy atom. The quantitative estimate of drug-likeness (QED) is 0.814. The molecule has 0 bridgehead atoms. The molecule has 0 atom stereocenters. The fourth-order valence-electron chi connectivity index (χ4n) is 2.43. The Hall–Kier alpha value is -0.220. The average Bonchev–Trinajstić information content (AvgIpc) is 2.66. The van der Waals surface area contributed by atoms with Crippen LogP contribution in [0, 0.1) is 0 Å². The zero-order chi connectivity index (χ0) is 11.2. The maximum absolute atomic E-state index is 12.0. The van der Waals surface area contributed by atoms with Crippen molar-refractivity contribution in [3.8, 4) is 0 Å². The van der Waals surface area contributed by atoms with E-state index < -0.39 is 0 Å². The van der Waals surface area contributed by atoms with Gasteiger partial charge in [0.15, 0.2) is 0 Å². The van der Waals surface area contributed by atoms with Gasteiger partial charge < -0.3 is 10.2 Å². The number of nitrogens with one attached hydrogen (secondary N) is 1. The van der Waals surface area contributed by atoms with Crippen LogP contribution in [0.15, 0.2) is 0 Å². The zero-order valence-corrected chi connectivity index (χ0v) is 10.7. The highest BCUT2D eigenvalue weighted by Gasteiger charge is 2.19. The van der Waals surface area contributed by atoms with Gasteiger partial charge in [-0.1, -0.05) is 12.8 Å². The molecule has 0 aromatic heterocycles. The molecule has 0 aromatic carbocycles. The van der Waals surface area contributed by atoms with Crippen molar-refractivity contribution in [1.82, 2.24) is 10.2 Å². The Balaban J connectivity index is 1.69. The van der Waals surface area contributed by atoms with Crippen LogP contribution < -0.4 is 5.32 Å². The van der Waals surface area contributed by atoms with Gasteiger partial charge in [-0.15, -0.1) is 11.8 Å². The highest BCUT2D eigenvalue weighted by atomic mass is 32.2. The lowest BCUT2D eigenvalue weighted by atomic mass is 10.4. The molecule has 1 saturated heterocycles. The van der Waals surface area contributed by atoms with E-state index in [1.54, 1.807) is 0 Å². The second-order valence-corrected chi connectivity index (χ2v) is 5.99. The van der Waals surface area contributed by atoms with Gasteiger partial charge in [-0.3, -0.25) is 4.79 Å². The van der Waals surface area contributed by atoms with E-state index in [4.69, 9.17) is 0 Å². The number of hydrogen-bond acceptors (Lipinski definition) is 3. The molecule has 0 unspecified atom stereocenters. The van der Waals surface area contributed by atoms with Crippen LogP contribution in [0.25, 0.3) is 0 Å². The second-order valence-electron chi connectivity index (χ2n) is 4.70. The second kappa shape index (κ2) is 6.50. The molecule has 1 saturated carbocycles. The van der Waals surface area contributed by atoms with Gasteiger partial charge >= 0.3 is 0 Å². The first-order valence-corrected chi connectivity index (χ1v) is 7.51. The summed E-state index contributed by atoms with van der Waals surface area (Å²) in [6.07, 6.45) is 6.46. The molecule has 1 N–H and O–H groups in total.